The highest BCUT2D eigenvalue weighted by atomic mass is 32.2. The molecular formula is C52H76O4S2. The predicted octanol–water partition coefficient (Wildman–Crippen LogP) is 16.3. The van der Waals surface area contributed by atoms with Crippen LogP contribution in [-0.2, 0) is 18.9 Å². The van der Waals surface area contributed by atoms with Crippen molar-refractivity contribution in [3.63, 3.8) is 0 Å². The van der Waals surface area contributed by atoms with Gasteiger partial charge >= 0.3 is 0 Å². The highest BCUT2D eigenvalue weighted by molar-refractivity contribution is 8.03. The lowest BCUT2D eigenvalue weighted by Crippen LogP contribution is -2.46. The quantitative estimate of drug-likeness (QED) is 0.0450. The number of hydrogen-bond acceptors (Lipinski definition) is 6. The summed E-state index contributed by atoms with van der Waals surface area (Å²) in [4.78, 5) is 4.55. The van der Waals surface area contributed by atoms with Crippen LogP contribution in [0.5, 0.6) is 0 Å². The van der Waals surface area contributed by atoms with Crippen LogP contribution < -0.4 is 0 Å². The number of hydrogen-bond donors (Lipinski definition) is 0. The number of thioether (sulfide) groups is 1. The molecule has 0 atom stereocenters. The second kappa shape index (κ2) is 29.0. The lowest BCUT2D eigenvalue weighted by atomic mass is 9.89. The average Bonchev–Trinajstić information content (AvgIpc) is 3.25. The molecule has 6 heteroatoms. The molecule has 1 aliphatic rings. The molecule has 0 fully saturated rings. The van der Waals surface area contributed by atoms with E-state index in [0.717, 1.165) is 72.3 Å². The molecule has 0 N–H and O–H groups in total. The molecule has 0 aromatic heterocycles. The Morgan fingerprint density at radius 1 is 0.362 bits per heavy atom. The standard InChI is InChI=1S/C52H76O4S2/c1-5-9-13-17-27-39-53-51(54-40-28-18-14-10-6-2)44-50(58-47-33-25-22-26-34-47)52(55-41-29-19-15-11-7-3,56-42-30-20-16-12-8-4)43-49(51)45-35-37-48(38-36-45)57-46-31-23-21-24-32-46/h21-26,31-38,43-44H,5-20,27-30,39-42H2,1-4H3. The van der Waals surface area contributed by atoms with Gasteiger partial charge in [-0.2, -0.15) is 0 Å². The van der Waals surface area contributed by atoms with Crippen molar-refractivity contribution in [2.75, 3.05) is 26.4 Å². The van der Waals surface area contributed by atoms with Crippen LogP contribution in [0, 0.1) is 0 Å². The minimum absolute atomic E-state index is 0.613. The van der Waals surface area contributed by atoms with Gasteiger partial charge < -0.3 is 18.9 Å². The van der Waals surface area contributed by atoms with Crippen molar-refractivity contribution in [3.8, 4) is 0 Å². The topological polar surface area (TPSA) is 36.9 Å². The molecule has 3 aromatic rings. The molecule has 0 bridgehead atoms. The van der Waals surface area contributed by atoms with Gasteiger partial charge in [0.2, 0.25) is 11.6 Å². The van der Waals surface area contributed by atoms with E-state index in [2.05, 4.69) is 125 Å². The van der Waals surface area contributed by atoms with Gasteiger partial charge in [0, 0.05) is 20.3 Å². The maximum atomic E-state index is 7.18. The second-order valence-corrected chi connectivity index (χ2v) is 18.1. The molecule has 0 aliphatic heterocycles. The van der Waals surface area contributed by atoms with Crippen LogP contribution in [0.4, 0.5) is 0 Å². The Morgan fingerprint density at radius 3 is 1.14 bits per heavy atom. The third-order valence-corrected chi connectivity index (χ3v) is 12.9. The SMILES string of the molecule is CCCCCCCOC1(OCCCCCCC)C=C(c2ccc(Sc3ccccc3)cc2)C(OCCCCCCC)(OCCCCCCC)C=C1Sc1ccccc1. The minimum Gasteiger partial charge on any atom is -0.343 e. The van der Waals surface area contributed by atoms with Crippen LogP contribution in [0.1, 0.15) is 162 Å². The normalized spacial score (nSPS) is 14.7. The fraction of sp³-hybridized carbons (Fsp3) is 0.577. The first-order valence-corrected chi connectivity index (χ1v) is 24.8. The van der Waals surface area contributed by atoms with Crippen molar-refractivity contribution in [3.05, 3.63) is 108 Å². The summed E-state index contributed by atoms with van der Waals surface area (Å²) in [5, 5.41) is 0. The molecule has 3 aromatic carbocycles. The molecule has 320 valence electrons. The molecule has 58 heavy (non-hydrogen) atoms. The Morgan fingerprint density at radius 2 is 0.724 bits per heavy atom. The van der Waals surface area contributed by atoms with Crippen molar-refractivity contribution in [2.24, 2.45) is 0 Å². The summed E-state index contributed by atoms with van der Waals surface area (Å²) in [5.74, 6) is -2.18. The fourth-order valence-corrected chi connectivity index (χ4v) is 9.22. The third-order valence-electron chi connectivity index (χ3n) is 10.7. The first kappa shape index (κ1) is 48.3. The molecular weight excluding hydrogens is 753 g/mol. The first-order valence-electron chi connectivity index (χ1n) is 23.2. The summed E-state index contributed by atoms with van der Waals surface area (Å²) < 4.78 is 28.6. The monoisotopic (exact) mass is 829 g/mol. The average molecular weight is 829 g/mol. The zero-order valence-corrected chi connectivity index (χ0v) is 38.3. The van der Waals surface area contributed by atoms with Crippen molar-refractivity contribution in [1.82, 2.24) is 0 Å². The molecule has 4 rings (SSSR count). The van der Waals surface area contributed by atoms with Crippen LogP contribution >= 0.6 is 23.5 Å². The number of unbranched alkanes of at least 4 members (excludes halogenated alkanes) is 16. The fourth-order valence-electron chi connectivity index (χ4n) is 7.31. The van der Waals surface area contributed by atoms with E-state index in [1.165, 1.54) is 86.8 Å². The Kier molecular flexibility index (Phi) is 24.2. The van der Waals surface area contributed by atoms with Gasteiger partial charge in [0.1, 0.15) is 0 Å². The van der Waals surface area contributed by atoms with Gasteiger partial charge in [-0.15, -0.1) is 0 Å². The van der Waals surface area contributed by atoms with E-state index in [1.807, 2.05) is 0 Å². The molecule has 0 heterocycles. The maximum Gasteiger partial charge on any atom is 0.222 e. The van der Waals surface area contributed by atoms with Crippen molar-refractivity contribution in [1.29, 1.82) is 0 Å². The van der Waals surface area contributed by atoms with Crippen LogP contribution in [0.3, 0.4) is 0 Å². The molecule has 4 nitrogen and oxygen atoms in total. The first-order chi connectivity index (χ1) is 28.6. The summed E-state index contributed by atoms with van der Waals surface area (Å²) >= 11 is 3.50. The number of rotatable bonds is 33. The minimum atomic E-state index is -1.10. The van der Waals surface area contributed by atoms with Crippen LogP contribution in [0.15, 0.2) is 117 Å². The van der Waals surface area contributed by atoms with E-state index in [9.17, 15) is 0 Å². The van der Waals surface area contributed by atoms with E-state index in [1.54, 1.807) is 23.5 Å². The van der Waals surface area contributed by atoms with Crippen molar-refractivity contribution >= 4 is 29.1 Å². The van der Waals surface area contributed by atoms with E-state index in [0.29, 0.717) is 26.4 Å². The maximum absolute atomic E-state index is 7.18. The van der Waals surface area contributed by atoms with E-state index in [4.69, 9.17) is 18.9 Å². The summed E-state index contributed by atoms with van der Waals surface area (Å²) in [6, 6.07) is 30.2. The van der Waals surface area contributed by atoms with Gasteiger partial charge in [0.15, 0.2) is 0 Å². The van der Waals surface area contributed by atoms with Gasteiger partial charge in [-0.1, -0.05) is 202 Å². The Balaban J connectivity index is 1.82. The van der Waals surface area contributed by atoms with E-state index >= 15 is 0 Å². The lowest BCUT2D eigenvalue weighted by molar-refractivity contribution is -0.193. The molecule has 0 saturated heterocycles. The largest absolute Gasteiger partial charge is 0.343 e. The van der Waals surface area contributed by atoms with Crippen LogP contribution in [0.25, 0.3) is 5.57 Å². The molecule has 1 aliphatic carbocycles. The summed E-state index contributed by atoms with van der Waals surface area (Å²) in [6.07, 6.45) is 27.9. The van der Waals surface area contributed by atoms with Crippen LogP contribution in [-0.4, -0.2) is 38.0 Å². The zero-order valence-electron chi connectivity index (χ0n) is 36.7. The van der Waals surface area contributed by atoms with Crippen LogP contribution in [0.2, 0.25) is 0 Å². The van der Waals surface area contributed by atoms with Gasteiger partial charge in [-0.3, -0.25) is 0 Å². The summed E-state index contributed by atoms with van der Waals surface area (Å²) in [5.41, 5.74) is 2.04. The highest BCUT2D eigenvalue weighted by Crippen LogP contribution is 2.50. The lowest BCUT2D eigenvalue weighted by Gasteiger charge is -2.43. The Bertz CT molecular complexity index is 1510. The predicted molar refractivity (Wildman–Crippen MR) is 250 cm³/mol. The van der Waals surface area contributed by atoms with Gasteiger partial charge in [-0.05, 0) is 79.8 Å². The number of ether oxygens (including phenoxy) is 4. The van der Waals surface area contributed by atoms with E-state index < -0.39 is 11.6 Å². The third kappa shape index (κ3) is 17.0. The Labute approximate surface area is 362 Å². The highest BCUT2D eigenvalue weighted by Gasteiger charge is 2.48. The summed E-state index contributed by atoms with van der Waals surface area (Å²) in [7, 11) is 0. The van der Waals surface area contributed by atoms with Gasteiger partial charge in [-0.25, -0.2) is 0 Å². The molecule has 0 spiro atoms. The molecule has 0 radical (unpaired) electrons. The molecule has 0 unspecified atom stereocenters. The second-order valence-electron chi connectivity index (χ2n) is 15.8. The smallest absolute Gasteiger partial charge is 0.222 e. The van der Waals surface area contributed by atoms with E-state index in [-0.39, 0.29) is 0 Å². The molecule has 0 amide bonds. The molecule has 0 saturated carbocycles. The van der Waals surface area contributed by atoms with Gasteiger partial charge in [0.25, 0.3) is 0 Å². The van der Waals surface area contributed by atoms with Crippen molar-refractivity contribution < 1.29 is 18.9 Å². The van der Waals surface area contributed by atoms with Gasteiger partial charge in [0.05, 0.1) is 31.3 Å². The summed E-state index contributed by atoms with van der Waals surface area (Å²) in [6.45, 7) is 11.5. The zero-order chi connectivity index (χ0) is 41.0. The Hall–Kier alpha value is -2.32. The number of benzene rings is 3. The van der Waals surface area contributed by atoms with Crippen molar-refractivity contribution in [2.45, 2.75) is 182 Å².